The highest BCUT2D eigenvalue weighted by molar-refractivity contribution is 8.00. The van der Waals surface area contributed by atoms with Gasteiger partial charge in [-0.05, 0) is 20.3 Å². The minimum Gasteiger partial charge on any atom is -0.384 e. The van der Waals surface area contributed by atoms with E-state index in [4.69, 9.17) is 10.3 Å². The molecule has 7 nitrogen and oxygen atoms in total. The molecule has 0 bridgehead atoms. The molecule has 0 aliphatic heterocycles. The topological polar surface area (TPSA) is 107 Å². The second-order valence-corrected chi connectivity index (χ2v) is 5.71. The average Bonchev–Trinajstić information content (AvgIpc) is 2.80. The number of anilines is 2. The average molecular weight is 307 g/mol. The standard InChI is InChI=1S/C13H17N5O2S/c1-4-9(12(19)17-11-6-8(3)20-18-11)21-13-15-7(2)5-10(14)16-13/h5-6,9H,4H2,1-3H3,(H2,14,15,16)(H,17,18,19)/t9-/m0/s1. The monoisotopic (exact) mass is 307 g/mol. The Morgan fingerprint density at radius 1 is 1.43 bits per heavy atom. The van der Waals surface area contributed by atoms with Crippen molar-refractivity contribution in [1.29, 1.82) is 0 Å². The Morgan fingerprint density at radius 2 is 2.19 bits per heavy atom. The molecule has 0 saturated heterocycles. The first-order chi connectivity index (χ1) is 9.97. The lowest BCUT2D eigenvalue weighted by Gasteiger charge is -2.12. The van der Waals surface area contributed by atoms with Crippen molar-refractivity contribution in [2.45, 2.75) is 37.6 Å². The van der Waals surface area contributed by atoms with Gasteiger partial charge in [-0.15, -0.1) is 0 Å². The van der Waals surface area contributed by atoms with Gasteiger partial charge in [0.05, 0.1) is 5.25 Å². The van der Waals surface area contributed by atoms with Crippen molar-refractivity contribution < 1.29 is 9.32 Å². The zero-order chi connectivity index (χ0) is 15.4. The second-order valence-electron chi connectivity index (χ2n) is 4.54. The van der Waals surface area contributed by atoms with Crippen LogP contribution in [0.3, 0.4) is 0 Å². The molecule has 0 saturated carbocycles. The molecule has 2 heterocycles. The van der Waals surface area contributed by atoms with E-state index >= 15 is 0 Å². The number of aromatic nitrogens is 3. The Morgan fingerprint density at radius 3 is 2.76 bits per heavy atom. The molecular formula is C13H17N5O2S. The second kappa shape index (κ2) is 6.57. The molecule has 0 spiro atoms. The fraction of sp³-hybridized carbons (Fsp3) is 0.385. The summed E-state index contributed by atoms with van der Waals surface area (Å²) < 4.78 is 4.92. The zero-order valence-corrected chi connectivity index (χ0v) is 12.9. The van der Waals surface area contributed by atoms with Crippen molar-refractivity contribution in [3.05, 3.63) is 23.6 Å². The summed E-state index contributed by atoms with van der Waals surface area (Å²) in [6, 6.07) is 3.35. The van der Waals surface area contributed by atoms with Crippen molar-refractivity contribution in [2.75, 3.05) is 11.1 Å². The van der Waals surface area contributed by atoms with Gasteiger partial charge >= 0.3 is 0 Å². The van der Waals surface area contributed by atoms with Crippen LogP contribution in [0.5, 0.6) is 0 Å². The van der Waals surface area contributed by atoms with Crippen LogP contribution in [0.15, 0.2) is 21.8 Å². The molecule has 3 N–H and O–H groups in total. The van der Waals surface area contributed by atoms with Crippen LogP contribution in [0.25, 0.3) is 0 Å². The van der Waals surface area contributed by atoms with Crippen LogP contribution in [0.4, 0.5) is 11.6 Å². The summed E-state index contributed by atoms with van der Waals surface area (Å²) in [4.78, 5) is 20.6. The first-order valence-electron chi connectivity index (χ1n) is 6.50. The number of thioether (sulfide) groups is 1. The van der Waals surface area contributed by atoms with Crippen molar-refractivity contribution in [3.8, 4) is 0 Å². The first-order valence-corrected chi connectivity index (χ1v) is 7.38. The molecule has 1 amide bonds. The van der Waals surface area contributed by atoms with Crippen LogP contribution in [-0.2, 0) is 4.79 Å². The molecule has 21 heavy (non-hydrogen) atoms. The summed E-state index contributed by atoms with van der Waals surface area (Å²) in [6.07, 6.45) is 0.630. The number of nitrogen functional groups attached to an aromatic ring is 1. The van der Waals surface area contributed by atoms with Gasteiger partial charge in [0, 0.05) is 17.8 Å². The third kappa shape index (κ3) is 4.19. The fourth-order valence-corrected chi connectivity index (χ4v) is 2.64. The third-order valence-corrected chi connectivity index (χ3v) is 3.87. The Labute approximate surface area is 126 Å². The normalized spacial score (nSPS) is 12.1. The summed E-state index contributed by atoms with van der Waals surface area (Å²) in [5.74, 6) is 1.27. The van der Waals surface area contributed by atoms with Crippen LogP contribution in [-0.4, -0.2) is 26.3 Å². The highest BCUT2D eigenvalue weighted by Gasteiger charge is 2.20. The number of carbonyl (C=O) groups excluding carboxylic acids is 1. The molecule has 0 unspecified atom stereocenters. The van der Waals surface area contributed by atoms with E-state index in [0.717, 1.165) is 5.69 Å². The first kappa shape index (κ1) is 15.3. The van der Waals surface area contributed by atoms with Crippen LogP contribution >= 0.6 is 11.8 Å². The Kier molecular flexibility index (Phi) is 4.79. The molecule has 2 rings (SSSR count). The van der Waals surface area contributed by atoms with Gasteiger partial charge in [-0.25, -0.2) is 9.97 Å². The quantitative estimate of drug-likeness (QED) is 0.644. The summed E-state index contributed by atoms with van der Waals surface area (Å²) in [7, 11) is 0. The summed E-state index contributed by atoms with van der Waals surface area (Å²) in [5.41, 5.74) is 6.46. The van der Waals surface area contributed by atoms with Crippen molar-refractivity contribution in [2.24, 2.45) is 0 Å². The number of rotatable bonds is 5. The molecule has 0 aromatic carbocycles. The third-order valence-electron chi connectivity index (χ3n) is 2.64. The summed E-state index contributed by atoms with van der Waals surface area (Å²) >= 11 is 1.28. The predicted molar refractivity (Wildman–Crippen MR) is 81.0 cm³/mol. The van der Waals surface area contributed by atoms with Gasteiger partial charge in [0.1, 0.15) is 11.6 Å². The SMILES string of the molecule is CC[C@H](Sc1nc(C)cc(N)n1)C(=O)Nc1cc(C)on1. The van der Waals surface area contributed by atoms with Crippen LogP contribution in [0, 0.1) is 13.8 Å². The molecule has 2 aromatic heterocycles. The highest BCUT2D eigenvalue weighted by Crippen LogP contribution is 2.24. The van der Waals surface area contributed by atoms with E-state index in [1.54, 1.807) is 19.1 Å². The lowest BCUT2D eigenvalue weighted by molar-refractivity contribution is -0.115. The zero-order valence-electron chi connectivity index (χ0n) is 12.1. The maximum Gasteiger partial charge on any atom is 0.239 e. The van der Waals surface area contributed by atoms with E-state index in [-0.39, 0.29) is 11.2 Å². The van der Waals surface area contributed by atoms with Gasteiger partial charge in [-0.3, -0.25) is 4.79 Å². The van der Waals surface area contributed by atoms with Crippen LogP contribution in [0.2, 0.25) is 0 Å². The molecule has 0 aliphatic rings. The fourth-order valence-electron chi connectivity index (χ4n) is 1.70. The van der Waals surface area contributed by atoms with Crippen LogP contribution in [0.1, 0.15) is 24.8 Å². The molecular weight excluding hydrogens is 290 g/mol. The largest absolute Gasteiger partial charge is 0.384 e. The number of carbonyl (C=O) groups is 1. The van der Waals surface area contributed by atoms with E-state index in [1.807, 2.05) is 13.8 Å². The molecule has 0 aliphatic carbocycles. The molecule has 2 aromatic rings. The molecule has 0 radical (unpaired) electrons. The maximum absolute atomic E-state index is 12.2. The molecule has 0 fully saturated rings. The Hall–Kier alpha value is -2.09. The van der Waals surface area contributed by atoms with Gasteiger partial charge in [0.15, 0.2) is 11.0 Å². The van der Waals surface area contributed by atoms with E-state index in [9.17, 15) is 4.79 Å². The number of nitrogens with two attached hydrogens (primary N) is 1. The Balaban J connectivity index is 2.06. The summed E-state index contributed by atoms with van der Waals surface area (Å²) in [5, 5.41) is 6.61. The van der Waals surface area contributed by atoms with Crippen molar-refractivity contribution >= 4 is 29.3 Å². The van der Waals surface area contributed by atoms with Crippen molar-refractivity contribution in [1.82, 2.24) is 15.1 Å². The number of nitrogens with one attached hydrogen (secondary N) is 1. The minimum atomic E-state index is -0.330. The number of hydrogen-bond acceptors (Lipinski definition) is 7. The summed E-state index contributed by atoms with van der Waals surface area (Å²) in [6.45, 7) is 5.52. The van der Waals surface area contributed by atoms with Crippen LogP contribution < -0.4 is 11.1 Å². The smallest absolute Gasteiger partial charge is 0.239 e. The van der Waals surface area contributed by atoms with Gasteiger partial charge in [0.25, 0.3) is 0 Å². The molecule has 8 heteroatoms. The van der Waals surface area contributed by atoms with Gasteiger partial charge in [0.2, 0.25) is 5.91 Å². The van der Waals surface area contributed by atoms with Crippen molar-refractivity contribution in [3.63, 3.8) is 0 Å². The van der Waals surface area contributed by atoms with E-state index in [2.05, 4.69) is 20.4 Å². The van der Waals surface area contributed by atoms with Gasteiger partial charge < -0.3 is 15.6 Å². The highest BCUT2D eigenvalue weighted by atomic mass is 32.2. The molecule has 112 valence electrons. The predicted octanol–water partition coefficient (Wildman–Crippen LogP) is 2.17. The number of nitrogens with zero attached hydrogens (tertiary/aromatic N) is 3. The van der Waals surface area contributed by atoms with E-state index in [1.165, 1.54) is 11.8 Å². The number of aryl methyl sites for hydroxylation is 2. The van der Waals surface area contributed by atoms with Gasteiger partial charge in [-0.1, -0.05) is 23.8 Å². The lowest BCUT2D eigenvalue weighted by atomic mass is 10.3. The molecule has 1 atom stereocenters. The van der Waals surface area contributed by atoms with E-state index in [0.29, 0.717) is 29.0 Å². The minimum absolute atomic E-state index is 0.167. The number of hydrogen-bond donors (Lipinski definition) is 2. The van der Waals surface area contributed by atoms with Gasteiger partial charge in [-0.2, -0.15) is 0 Å². The van der Waals surface area contributed by atoms with E-state index < -0.39 is 0 Å². The lowest BCUT2D eigenvalue weighted by Crippen LogP contribution is -2.25. The Bertz CT molecular complexity index is 623. The number of amides is 1. The maximum atomic E-state index is 12.2.